The van der Waals surface area contributed by atoms with Gasteiger partial charge in [-0.15, -0.1) is 11.8 Å². The number of rotatable bonds is 8. The Labute approximate surface area is 136 Å². The van der Waals surface area contributed by atoms with Crippen molar-refractivity contribution in [2.24, 2.45) is 0 Å². The van der Waals surface area contributed by atoms with E-state index in [1.165, 1.54) is 32.9 Å². The molecule has 2 unspecified atom stereocenters. The third kappa shape index (κ3) is 7.13. The number of carbonyl (C=O) groups is 2. The second-order valence-corrected chi connectivity index (χ2v) is 9.46. The highest BCUT2D eigenvalue weighted by atomic mass is 32.2. The van der Waals surface area contributed by atoms with E-state index >= 15 is 0 Å². The number of ketones is 1. The minimum atomic E-state index is -3.35. The summed E-state index contributed by atoms with van der Waals surface area (Å²) < 4.78 is 27.5. The maximum Gasteiger partial charge on any atom is 0.408 e. The van der Waals surface area contributed by atoms with Gasteiger partial charge in [-0.25, -0.2) is 4.79 Å². The molecular weight excluding hydrogens is 329 g/mol. The van der Waals surface area contributed by atoms with Gasteiger partial charge in [-0.3, -0.25) is 9.36 Å². The molecule has 0 aliphatic rings. The Bertz CT molecular complexity index is 429. The first-order valence-electron chi connectivity index (χ1n) is 6.73. The lowest BCUT2D eigenvalue weighted by molar-refractivity contribution is -0.119. The van der Waals surface area contributed by atoms with Crippen LogP contribution in [0.5, 0.6) is 0 Å². The van der Waals surface area contributed by atoms with Crippen molar-refractivity contribution >= 4 is 31.2 Å². The normalized spacial score (nSPS) is 15.0. The lowest BCUT2D eigenvalue weighted by atomic mass is 10.1. The molecule has 0 aromatic carbocycles. The Morgan fingerprint density at radius 1 is 1.23 bits per heavy atom. The van der Waals surface area contributed by atoms with Gasteiger partial charge in [0, 0.05) is 14.2 Å². The lowest BCUT2D eigenvalue weighted by Gasteiger charge is -2.27. The molecule has 0 bridgehead atoms. The SMILES string of the molecule is COP(=O)(OC)C(CC(NC(=O)OC(C)(C)C)C(C)=O)SC. The van der Waals surface area contributed by atoms with E-state index in [4.69, 9.17) is 13.8 Å². The molecule has 7 nitrogen and oxygen atoms in total. The number of nitrogens with one attached hydrogen (secondary N) is 1. The summed E-state index contributed by atoms with van der Waals surface area (Å²) in [7, 11) is -0.772. The Hall–Kier alpha value is -0.560. The third-order valence-corrected chi connectivity index (χ3v) is 6.83. The van der Waals surface area contributed by atoms with Crippen molar-refractivity contribution in [1.82, 2.24) is 5.32 Å². The van der Waals surface area contributed by atoms with E-state index in [1.807, 2.05) is 0 Å². The van der Waals surface area contributed by atoms with Gasteiger partial charge in [0.2, 0.25) is 0 Å². The topological polar surface area (TPSA) is 90.9 Å². The molecule has 1 amide bonds. The molecule has 0 aromatic heterocycles. The van der Waals surface area contributed by atoms with Crippen molar-refractivity contribution in [3.63, 3.8) is 0 Å². The summed E-state index contributed by atoms with van der Waals surface area (Å²) >= 11 is 1.25. The second-order valence-electron chi connectivity index (χ2n) is 5.64. The summed E-state index contributed by atoms with van der Waals surface area (Å²) in [5.74, 6) is -0.260. The van der Waals surface area contributed by atoms with Crippen molar-refractivity contribution in [2.75, 3.05) is 20.5 Å². The number of hydrogen-bond acceptors (Lipinski definition) is 7. The van der Waals surface area contributed by atoms with Crippen LogP contribution in [0.4, 0.5) is 4.79 Å². The maximum atomic E-state index is 12.4. The third-order valence-electron chi connectivity index (χ3n) is 2.75. The highest BCUT2D eigenvalue weighted by Crippen LogP contribution is 2.56. The molecule has 0 saturated heterocycles. The largest absolute Gasteiger partial charge is 0.444 e. The van der Waals surface area contributed by atoms with E-state index in [0.29, 0.717) is 0 Å². The molecule has 0 aliphatic heterocycles. The zero-order chi connectivity index (χ0) is 17.6. The van der Waals surface area contributed by atoms with E-state index in [0.717, 1.165) is 0 Å². The molecule has 0 fully saturated rings. The molecule has 0 saturated carbocycles. The molecule has 0 rings (SSSR count). The van der Waals surface area contributed by atoms with Gasteiger partial charge in [-0.05, 0) is 40.4 Å². The van der Waals surface area contributed by atoms with Crippen molar-refractivity contribution in [1.29, 1.82) is 0 Å². The standard InChI is InChI=1S/C13H26NO6PS/c1-9(15)10(14-12(16)20-13(2,3)4)8-11(22-7)21(17,18-5)19-6/h10-11H,8H2,1-7H3,(H,14,16). The Balaban J connectivity index is 5.01. The predicted molar refractivity (Wildman–Crippen MR) is 87.4 cm³/mol. The van der Waals surface area contributed by atoms with Gasteiger partial charge >= 0.3 is 13.7 Å². The smallest absolute Gasteiger partial charge is 0.408 e. The van der Waals surface area contributed by atoms with Gasteiger partial charge in [-0.2, -0.15) is 0 Å². The number of amides is 1. The Morgan fingerprint density at radius 2 is 1.73 bits per heavy atom. The highest BCUT2D eigenvalue weighted by molar-refractivity contribution is 8.04. The minimum absolute atomic E-state index is 0.120. The zero-order valence-electron chi connectivity index (χ0n) is 14.2. The van der Waals surface area contributed by atoms with E-state index in [9.17, 15) is 14.2 Å². The number of hydrogen-bond donors (Lipinski definition) is 1. The summed E-state index contributed by atoms with van der Waals surface area (Å²) in [6.07, 6.45) is 1.16. The number of Topliss-reactive ketones (excluding diaryl/α,β-unsaturated/α-hetero) is 1. The number of thioether (sulfide) groups is 1. The van der Waals surface area contributed by atoms with Gasteiger partial charge in [0.05, 0.1) is 6.04 Å². The number of ether oxygens (including phenoxy) is 1. The monoisotopic (exact) mass is 355 g/mol. The fourth-order valence-electron chi connectivity index (χ4n) is 1.64. The number of alkyl carbamates (subject to hydrolysis) is 1. The van der Waals surface area contributed by atoms with Crippen LogP contribution in [-0.2, 0) is 23.1 Å². The van der Waals surface area contributed by atoms with E-state index in [1.54, 1.807) is 27.0 Å². The Kier molecular flexibility index (Phi) is 8.69. The summed E-state index contributed by atoms with van der Waals surface area (Å²) in [5.41, 5.74) is -0.668. The molecular formula is C13H26NO6PS. The zero-order valence-corrected chi connectivity index (χ0v) is 15.9. The second kappa shape index (κ2) is 8.91. The summed E-state index contributed by atoms with van der Waals surface area (Å²) in [5, 5.41) is 2.50. The molecule has 130 valence electrons. The number of carbonyl (C=O) groups excluding carboxylic acids is 2. The van der Waals surface area contributed by atoms with Crippen LogP contribution < -0.4 is 5.32 Å². The average molecular weight is 355 g/mol. The Morgan fingerprint density at radius 3 is 2.05 bits per heavy atom. The summed E-state index contributed by atoms with van der Waals surface area (Å²) in [4.78, 5) is 23.0. The van der Waals surface area contributed by atoms with E-state index in [-0.39, 0.29) is 12.2 Å². The van der Waals surface area contributed by atoms with Crippen LogP contribution in [0.25, 0.3) is 0 Å². The first kappa shape index (κ1) is 21.4. The van der Waals surface area contributed by atoms with Gasteiger partial charge in [0.15, 0.2) is 5.78 Å². The first-order chi connectivity index (χ1) is 9.99. The first-order valence-corrected chi connectivity index (χ1v) is 9.63. The molecule has 22 heavy (non-hydrogen) atoms. The van der Waals surface area contributed by atoms with E-state index in [2.05, 4.69) is 5.32 Å². The molecule has 2 atom stereocenters. The average Bonchev–Trinajstić information content (AvgIpc) is 2.40. The van der Waals surface area contributed by atoms with Crippen LogP contribution in [0.2, 0.25) is 0 Å². The van der Waals surface area contributed by atoms with Crippen molar-refractivity contribution in [2.45, 2.75) is 50.7 Å². The predicted octanol–water partition coefficient (Wildman–Crippen LogP) is 3.03. The van der Waals surface area contributed by atoms with Gasteiger partial charge in [0.1, 0.15) is 10.6 Å². The van der Waals surface area contributed by atoms with Gasteiger partial charge < -0.3 is 19.1 Å². The van der Waals surface area contributed by atoms with E-state index < -0.39 is 30.3 Å². The van der Waals surface area contributed by atoms with Crippen molar-refractivity contribution < 1.29 is 27.9 Å². The van der Waals surface area contributed by atoms with Crippen molar-refractivity contribution in [3.05, 3.63) is 0 Å². The van der Waals surface area contributed by atoms with Crippen molar-refractivity contribution in [3.8, 4) is 0 Å². The maximum absolute atomic E-state index is 12.4. The van der Waals surface area contributed by atoms with Crippen LogP contribution in [0.15, 0.2) is 0 Å². The fourth-order valence-corrected chi connectivity index (χ4v) is 4.66. The van der Waals surface area contributed by atoms with Gasteiger partial charge in [0.25, 0.3) is 0 Å². The summed E-state index contributed by atoms with van der Waals surface area (Å²) in [6, 6.07) is -0.828. The molecule has 0 aromatic rings. The highest BCUT2D eigenvalue weighted by Gasteiger charge is 2.37. The minimum Gasteiger partial charge on any atom is -0.444 e. The van der Waals surface area contributed by atoms with Crippen LogP contribution in [0.1, 0.15) is 34.1 Å². The molecule has 0 aliphatic carbocycles. The lowest BCUT2D eigenvalue weighted by Crippen LogP contribution is -2.44. The molecule has 0 spiro atoms. The molecule has 0 radical (unpaired) electrons. The van der Waals surface area contributed by atoms with Crippen LogP contribution in [0, 0.1) is 0 Å². The fraction of sp³-hybridized carbons (Fsp3) is 0.846. The quantitative estimate of drug-likeness (QED) is 0.669. The molecule has 9 heteroatoms. The van der Waals surface area contributed by atoms with Crippen LogP contribution in [0.3, 0.4) is 0 Å². The summed E-state index contributed by atoms with van der Waals surface area (Å²) in [6.45, 7) is 6.53. The molecule has 0 heterocycles. The molecule has 1 N–H and O–H groups in total. The van der Waals surface area contributed by atoms with Crippen LogP contribution >= 0.6 is 19.4 Å². The van der Waals surface area contributed by atoms with Gasteiger partial charge in [-0.1, -0.05) is 0 Å². The van der Waals surface area contributed by atoms with Crippen LogP contribution in [-0.4, -0.2) is 49.0 Å².